The molecule has 2 amide bonds. The monoisotopic (exact) mass is 452 g/mol. The smallest absolute Gasteiger partial charge is 0.326 e. The molecule has 0 unspecified atom stereocenters. The maximum absolute atomic E-state index is 13.5. The van der Waals surface area contributed by atoms with Crippen LogP contribution in [0.25, 0.3) is 0 Å². The van der Waals surface area contributed by atoms with Crippen molar-refractivity contribution in [3.05, 3.63) is 71.3 Å². The van der Waals surface area contributed by atoms with E-state index < -0.39 is 17.9 Å². The van der Waals surface area contributed by atoms with Crippen LogP contribution in [0.1, 0.15) is 37.0 Å². The summed E-state index contributed by atoms with van der Waals surface area (Å²) in [7, 11) is 0. The molecule has 33 heavy (non-hydrogen) atoms. The van der Waals surface area contributed by atoms with E-state index >= 15 is 0 Å². The van der Waals surface area contributed by atoms with E-state index in [9.17, 15) is 19.5 Å². The number of carbonyl (C=O) groups excluding carboxylic acids is 2. The third-order valence-electron chi connectivity index (χ3n) is 6.12. The van der Waals surface area contributed by atoms with Gasteiger partial charge in [0, 0.05) is 26.1 Å². The van der Waals surface area contributed by atoms with Crippen LogP contribution in [-0.4, -0.2) is 58.6 Å². The number of carboxylic acid groups (broad SMARTS) is 1. The molecule has 2 aromatic carbocycles. The van der Waals surface area contributed by atoms with Gasteiger partial charge in [-0.2, -0.15) is 0 Å². The number of rotatable bonds is 9. The predicted octanol–water partition coefficient (Wildman–Crippen LogP) is 3.75. The van der Waals surface area contributed by atoms with Gasteiger partial charge < -0.3 is 19.6 Å². The highest BCUT2D eigenvalue weighted by atomic mass is 16.5. The van der Waals surface area contributed by atoms with Crippen LogP contribution in [0.15, 0.2) is 54.6 Å². The first-order chi connectivity index (χ1) is 15.9. The van der Waals surface area contributed by atoms with Crippen molar-refractivity contribution in [2.75, 3.05) is 19.7 Å². The summed E-state index contributed by atoms with van der Waals surface area (Å²) in [5, 5.41) is 9.80. The molecular weight excluding hydrogens is 420 g/mol. The van der Waals surface area contributed by atoms with Crippen LogP contribution in [0.2, 0.25) is 0 Å². The van der Waals surface area contributed by atoms with Gasteiger partial charge in [-0.05, 0) is 43.4 Å². The van der Waals surface area contributed by atoms with Crippen LogP contribution in [-0.2, 0) is 33.7 Å². The van der Waals surface area contributed by atoms with Gasteiger partial charge in [-0.15, -0.1) is 0 Å². The number of aryl methyl sites for hydroxylation is 1. The molecule has 2 aromatic rings. The summed E-state index contributed by atoms with van der Waals surface area (Å²) in [6.45, 7) is 4.65. The van der Waals surface area contributed by atoms with Crippen LogP contribution in [0, 0.1) is 5.92 Å². The van der Waals surface area contributed by atoms with Crippen molar-refractivity contribution in [3.63, 3.8) is 0 Å². The van der Waals surface area contributed by atoms with Crippen LogP contribution in [0.3, 0.4) is 0 Å². The van der Waals surface area contributed by atoms with Gasteiger partial charge in [-0.1, -0.05) is 54.6 Å². The average Bonchev–Trinajstić information content (AvgIpc) is 2.83. The lowest BCUT2D eigenvalue weighted by Gasteiger charge is -2.38. The number of nitrogens with zero attached hydrogens (tertiary/aromatic N) is 2. The lowest BCUT2D eigenvalue weighted by atomic mass is 9.94. The molecule has 0 saturated heterocycles. The van der Waals surface area contributed by atoms with Crippen LogP contribution in [0.4, 0.5) is 4.79 Å². The number of ether oxygens (including phenoxy) is 1. The Labute approximate surface area is 195 Å². The van der Waals surface area contributed by atoms with Crippen molar-refractivity contribution >= 4 is 18.0 Å². The van der Waals surface area contributed by atoms with Gasteiger partial charge >= 0.3 is 18.0 Å². The molecule has 3 rings (SSSR count). The van der Waals surface area contributed by atoms with Gasteiger partial charge in [0.15, 0.2) is 0 Å². The van der Waals surface area contributed by atoms with Gasteiger partial charge in [0.2, 0.25) is 0 Å². The molecule has 0 radical (unpaired) electrons. The second kappa shape index (κ2) is 11.5. The molecule has 0 spiro atoms. The minimum absolute atomic E-state index is 0.186. The van der Waals surface area contributed by atoms with Crippen molar-refractivity contribution in [3.8, 4) is 0 Å². The number of hydrogen-bond donors (Lipinski definition) is 1. The number of aliphatic carboxylic acids is 1. The van der Waals surface area contributed by atoms with Crippen molar-refractivity contribution in [2.24, 2.45) is 5.92 Å². The molecule has 2 atom stereocenters. The SMILES string of the molecule is CCOC(=O)[C@H](CCc1ccccc1)CN(CC)C(=O)N1Cc2ccccc2C[C@H]1C(=O)O. The third kappa shape index (κ3) is 6.12. The molecule has 7 heteroatoms. The molecule has 7 nitrogen and oxygen atoms in total. The number of urea groups is 1. The van der Waals surface area contributed by atoms with E-state index in [1.807, 2.05) is 61.5 Å². The minimum atomic E-state index is -1.03. The fourth-order valence-corrected chi connectivity index (χ4v) is 4.26. The summed E-state index contributed by atoms with van der Waals surface area (Å²) < 4.78 is 5.28. The molecule has 1 aliphatic rings. The highest BCUT2D eigenvalue weighted by Gasteiger charge is 2.37. The topological polar surface area (TPSA) is 87.2 Å². The molecule has 0 fully saturated rings. The Morgan fingerprint density at radius 3 is 2.36 bits per heavy atom. The number of benzene rings is 2. The molecule has 0 aromatic heterocycles. The number of carbonyl (C=O) groups is 3. The Morgan fingerprint density at radius 1 is 1.06 bits per heavy atom. The van der Waals surface area contributed by atoms with Crippen LogP contribution in [0.5, 0.6) is 0 Å². The first-order valence-electron chi connectivity index (χ1n) is 11.5. The average molecular weight is 453 g/mol. The van der Waals surface area contributed by atoms with Gasteiger partial charge in [-0.3, -0.25) is 4.79 Å². The third-order valence-corrected chi connectivity index (χ3v) is 6.12. The van der Waals surface area contributed by atoms with E-state index in [1.54, 1.807) is 11.8 Å². The Kier molecular flexibility index (Phi) is 8.46. The molecule has 176 valence electrons. The molecule has 0 aliphatic carbocycles. The lowest BCUT2D eigenvalue weighted by Crippen LogP contribution is -2.54. The van der Waals surface area contributed by atoms with E-state index in [0.717, 1.165) is 16.7 Å². The first-order valence-corrected chi connectivity index (χ1v) is 11.5. The maximum atomic E-state index is 13.5. The van der Waals surface area contributed by atoms with Crippen molar-refractivity contribution in [1.82, 2.24) is 9.80 Å². The summed E-state index contributed by atoms with van der Waals surface area (Å²) in [6, 6.07) is 16.2. The van der Waals surface area contributed by atoms with Crippen LogP contribution >= 0.6 is 0 Å². The van der Waals surface area contributed by atoms with Crippen molar-refractivity contribution < 1.29 is 24.2 Å². The Balaban J connectivity index is 1.77. The molecule has 1 N–H and O–H groups in total. The fourth-order valence-electron chi connectivity index (χ4n) is 4.26. The molecule has 0 saturated carbocycles. The maximum Gasteiger partial charge on any atom is 0.326 e. The second-order valence-electron chi connectivity index (χ2n) is 8.25. The predicted molar refractivity (Wildman–Crippen MR) is 125 cm³/mol. The standard InChI is InChI=1S/C26H32N2O5/c1-3-27(17-22(25(31)33-4-2)15-14-19-10-6-5-7-11-19)26(32)28-18-21-13-9-8-12-20(21)16-23(28)24(29)30/h5-13,22-23H,3-4,14-18H2,1-2H3,(H,29,30)/t22-,23+/m1/s1. The zero-order valence-electron chi connectivity index (χ0n) is 19.3. The number of fused-ring (bicyclic) bond motifs is 1. The Bertz CT molecular complexity index is 962. The molecule has 0 bridgehead atoms. The van der Waals surface area contributed by atoms with Crippen molar-refractivity contribution in [2.45, 2.75) is 45.7 Å². The Morgan fingerprint density at radius 2 is 1.73 bits per heavy atom. The van der Waals surface area contributed by atoms with Gasteiger partial charge in [-0.25, -0.2) is 9.59 Å². The zero-order chi connectivity index (χ0) is 23.8. The summed E-state index contributed by atoms with van der Waals surface area (Å²) >= 11 is 0. The number of amides is 2. The molecule has 1 heterocycles. The Hall–Kier alpha value is -3.35. The fraction of sp³-hybridized carbons (Fsp3) is 0.423. The highest BCUT2D eigenvalue weighted by molar-refractivity contribution is 5.84. The summed E-state index contributed by atoms with van der Waals surface area (Å²) in [6.07, 6.45) is 1.49. The largest absolute Gasteiger partial charge is 0.480 e. The van der Waals surface area contributed by atoms with E-state index in [2.05, 4.69) is 0 Å². The quantitative estimate of drug-likeness (QED) is 0.586. The van der Waals surface area contributed by atoms with Gasteiger partial charge in [0.25, 0.3) is 0 Å². The van der Waals surface area contributed by atoms with E-state index in [0.29, 0.717) is 19.4 Å². The second-order valence-corrected chi connectivity index (χ2v) is 8.25. The van der Waals surface area contributed by atoms with Crippen molar-refractivity contribution in [1.29, 1.82) is 0 Å². The van der Waals surface area contributed by atoms with E-state index in [1.165, 1.54) is 4.90 Å². The van der Waals surface area contributed by atoms with E-state index in [-0.39, 0.29) is 38.1 Å². The van der Waals surface area contributed by atoms with Crippen LogP contribution < -0.4 is 0 Å². The lowest BCUT2D eigenvalue weighted by molar-refractivity contribution is -0.149. The first kappa shape index (κ1) is 24.3. The number of hydrogen-bond acceptors (Lipinski definition) is 4. The number of esters is 1. The summed E-state index contributed by atoms with van der Waals surface area (Å²) in [5.74, 6) is -1.85. The normalized spacial score (nSPS) is 15.9. The zero-order valence-corrected chi connectivity index (χ0v) is 19.3. The van der Waals surface area contributed by atoms with Gasteiger partial charge in [0.1, 0.15) is 6.04 Å². The molecular formula is C26H32N2O5. The number of carboxylic acids is 1. The van der Waals surface area contributed by atoms with E-state index in [4.69, 9.17) is 4.74 Å². The van der Waals surface area contributed by atoms with Gasteiger partial charge in [0.05, 0.1) is 12.5 Å². The minimum Gasteiger partial charge on any atom is -0.480 e. The summed E-state index contributed by atoms with van der Waals surface area (Å²) in [5.41, 5.74) is 3.01. The molecule has 1 aliphatic heterocycles. The highest BCUT2D eigenvalue weighted by Crippen LogP contribution is 2.25. The summed E-state index contributed by atoms with van der Waals surface area (Å²) in [4.78, 5) is 41.1.